The van der Waals surface area contributed by atoms with E-state index in [4.69, 9.17) is 18.6 Å². The van der Waals surface area contributed by atoms with Crippen LogP contribution < -0.4 is 9.64 Å². The summed E-state index contributed by atoms with van der Waals surface area (Å²) in [5.74, 6) is 0.736. The van der Waals surface area contributed by atoms with E-state index in [0.717, 1.165) is 5.39 Å². The molecule has 0 bridgehead atoms. The van der Waals surface area contributed by atoms with Crippen molar-refractivity contribution >= 4 is 22.9 Å². The first-order valence-electron chi connectivity index (χ1n) is 8.06. The fraction of sp³-hybridized carbons (Fsp3) is 0.471. The van der Waals surface area contributed by atoms with Crippen molar-refractivity contribution in [1.82, 2.24) is 0 Å². The summed E-state index contributed by atoms with van der Waals surface area (Å²) in [6.07, 6.45) is -6.08. The minimum atomic E-state index is -4.19. The Balaban J connectivity index is 1.65. The van der Waals surface area contributed by atoms with Gasteiger partial charge in [-0.2, -0.15) is 13.2 Å². The van der Waals surface area contributed by atoms with Gasteiger partial charge in [-0.15, -0.1) is 0 Å². The van der Waals surface area contributed by atoms with Crippen molar-refractivity contribution in [3.63, 3.8) is 0 Å². The molecule has 1 aromatic carbocycles. The standard InChI is InChI=1S/C17H18F3NO5/c1-23-10-13-9-21(16(22)25-13)15-7-11-3-4-12(8-14(11)26-15)24-6-2-5-17(18,19)20/h3-4,7-8,13H,2,5-6,9-10H2,1H3/t13-/m1/s1. The molecule has 0 spiro atoms. The van der Waals surface area contributed by atoms with Crippen molar-refractivity contribution in [1.29, 1.82) is 0 Å². The number of fused-ring (bicyclic) bond motifs is 1. The average Bonchev–Trinajstić information content (AvgIpc) is 3.13. The number of anilines is 1. The highest BCUT2D eigenvalue weighted by Crippen LogP contribution is 2.31. The van der Waals surface area contributed by atoms with Crippen molar-refractivity contribution in [2.24, 2.45) is 0 Å². The van der Waals surface area contributed by atoms with Gasteiger partial charge in [0, 0.05) is 31.0 Å². The maximum absolute atomic E-state index is 12.1. The molecule has 26 heavy (non-hydrogen) atoms. The second kappa shape index (κ2) is 7.45. The van der Waals surface area contributed by atoms with E-state index < -0.39 is 18.7 Å². The lowest BCUT2D eigenvalue weighted by molar-refractivity contribution is -0.136. The lowest BCUT2D eigenvalue weighted by Crippen LogP contribution is -2.25. The van der Waals surface area contributed by atoms with Crippen LogP contribution in [0, 0.1) is 0 Å². The Morgan fingerprint density at radius 3 is 2.85 bits per heavy atom. The Hall–Kier alpha value is -2.42. The van der Waals surface area contributed by atoms with E-state index >= 15 is 0 Å². The number of cyclic esters (lactones) is 1. The number of rotatable bonds is 7. The summed E-state index contributed by atoms with van der Waals surface area (Å²) in [6, 6.07) is 6.64. The van der Waals surface area contributed by atoms with E-state index in [1.54, 1.807) is 24.3 Å². The Morgan fingerprint density at radius 1 is 1.31 bits per heavy atom. The van der Waals surface area contributed by atoms with Crippen LogP contribution in [-0.4, -0.2) is 45.2 Å². The summed E-state index contributed by atoms with van der Waals surface area (Å²) in [5, 5.41) is 0.741. The van der Waals surface area contributed by atoms with Gasteiger partial charge < -0.3 is 18.6 Å². The van der Waals surface area contributed by atoms with Crippen molar-refractivity contribution in [2.45, 2.75) is 25.1 Å². The number of hydrogen-bond donors (Lipinski definition) is 0. The number of benzene rings is 1. The summed E-state index contributed by atoms with van der Waals surface area (Å²) in [7, 11) is 1.52. The Labute approximate surface area is 147 Å². The molecule has 1 aromatic heterocycles. The summed E-state index contributed by atoms with van der Waals surface area (Å²) in [4.78, 5) is 13.3. The van der Waals surface area contributed by atoms with Gasteiger partial charge in [0.05, 0.1) is 19.8 Å². The fourth-order valence-electron chi connectivity index (χ4n) is 2.66. The van der Waals surface area contributed by atoms with Crippen molar-refractivity contribution < 1.29 is 36.6 Å². The summed E-state index contributed by atoms with van der Waals surface area (Å²) >= 11 is 0. The lowest BCUT2D eigenvalue weighted by Gasteiger charge is -2.08. The molecule has 1 aliphatic heterocycles. The SMILES string of the molecule is COC[C@H]1CN(c2cc3ccc(OCCCC(F)(F)F)cc3o2)C(=O)O1. The molecule has 1 amide bonds. The number of ether oxygens (including phenoxy) is 3. The highest BCUT2D eigenvalue weighted by molar-refractivity contribution is 5.92. The number of halogens is 3. The van der Waals surface area contributed by atoms with Crippen LogP contribution in [0.2, 0.25) is 0 Å². The van der Waals surface area contributed by atoms with E-state index in [0.29, 0.717) is 30.4 Å². The Morgan fingerprint density at radius 2 is 2.12 bits per heavy atom. The van der Waals surface area contributed by atoms with E-state index in [2.05, 4.69) is 0 Å². The molecule has 3 rings (SSSR count). The molecule has 142 valence electrons. The third-order valence-corrected chi connectivity index (χ3v) is 3.84. The normalized spacial score (nSPS) is 17.8. The molecule has 1 fully saturated rings. The predicted molar refractivity (Wildman–Crippen MR) is 86.5 cm³/mol. The summed E-state index contributed by atoms with van der Waals surface area (Å²) in [6.45, 7) is 0.557. The predicted octanol–water partition coefficient (Wildman–Crippen LogP) is 4.13. The molecular formula is C17H18F3NO5. The first-order valence-corrected chi connectivity index (χ1v) is 8.06. The van der Waals surface area contributed by atoms with Gasteiger partial charge >= 0.3 is 12.3 Å². The number of furan rings is 1. The maximum Gasteiger partial charge on any atom is 0.417 e. The van der Waals surface area contributed by atoms with Gasteiger partial charge in [-0.1, -0.05) is 0 Å². The summed E-state index contributed by atoms with van der Waals surface area (Å²) < 4.78 is 57.5. The zero-order valence-electron chi connectivity index (χ0n) is 14.0. The van der Waals surface area contributed by atoms with Gasteiger partial charge in [-0.25, -0.2) is 9.69 Å². The zero-order chi connectivity index (χ0) is 18.7. The monoisotopic (exact) mass is 373 g/mol. The molecule has 9 heteroatoms. The van der Waals surface area contributed by atoms with E-state index in [-0.39, 0.29) is 19.1 Å². The number of carbonyl (C=O) groups excluding carboxylic acids is 1. The number of nitrogens with zero attached hydrogens (tertiary/aromatic N) is 1. The fourth-order valence-corrected chi connectivity index (χ4v) is 2.66. The van der Waals surface area contributed by atoms with Gasteiger partial charge in [0.25, 0.3) is 0 Å². The molecule has 1 atom stereocenters. The van der Waals surface area contributed by atoms with Crippen LogP contribution in [-0.2, 0) is 9.47 Å². The highest BCUT2D eigenvalue weighted by atomic mass is 19.4. The maximum atomic E-state index is 12.1. The highest BCUT2D eigenvalue weighted by Gasteiger charge is 2.34. The van der Waals surface area contributed by atoms with Crippen molar-refractivity contribution in [2.75, 3.05) is 31.8 Å². The first kappa shape index (κ1) is 18.4. The molecule has 1 saturated heterocycles. The topological polar surface area (TPSA) is 61.1 Å². The van der Waals surface area contributed by atoms with E-state index in [9.17, 15) is 18.0 Å². The van der Waals surface area contributed by atoms with Crippen LogP contribution in [0.25, 0.3) is 11.0 Å². The molecule has 0 radical (unpaired) electrons. The number of alkyl halides is 3. The van der Waals surface area contributed by atoms with Crippen LogP contribution in [0.1, 0.15) is 12.8 Å². The number of carbonyl (C=O) groups is 1. The van der Waals surface area contributed by atoms with E-state index in [1.807, 2.05) is 0 Å². The van der Waals surface area contributed by atoms with Gasteiger partial charge in [0.15, 0.2) is 0 Å². The second-order valence-electron chi connectivity index (χ2n) is 5.92. The molecular weight excluding hydrogens is 355 g/mol. The van der Waals surface area contributed by atoms with Crippen molar-refractivity contribution in [3.05, 3.63) is 24.3 Å². The van der Waals surface area contributed by atoms with Crippen molar-refractivity contribution in [3.8, 4) is 5.75 Å². The number of hydrogen-bond acceptors (Lipinski definition) is 5. The van der Waals surface area contributed by atoms with E-state index in [1.165, 1.54) is 12.0 Å². The zero-order valence-corrected chi connectivity index (χ0v) is 14.0. The molecule has 6 nitrogen and oxygen atoms in total. The third kappa shape index (κ3) is 4.40. The number of methoxy groups -OCH3 is 1. The smallest absolute Gasteiger partial charge is 0.417 e. The van der Waals surface area contributed by atoms with Crippen LogP contribution in [0.5, 0.6) is 5.75 Å². The molecule has 0 N–H and O–H groups in total. The molecule has 2 aromatic rings. The van der Waals surface area contributed by atoms with Crippen LogP contribution in [0.4, 0.5) is 23.8 Å². The van der Waals surface area contributed by atoms with Crippen LogP contribution in [0.3, 0.4) is 0 Å². The lowest BCUT2D eigenvalue weighted by atomic mass is 10.2. The van der Waals surface area contributed by atoms with Crippen LogP contribution >= 0.6 is 0 Å². The molecule has 0 unspecified atom stereocenters. The minimum Gasteiger partial charge on any atom is -0.493 e. The van der Waals surface area contributed by atoms with Crippen LogP contribution in [0.15, 0.2) is 28.7 Å². The van der Waals surface area contributed by atoms with Gasteiger partial charge in [0.1, 0.15) is 17.4 Å². The summed E-state index contributed by atoms with van der Waals surface area (Å²) in [5.41, 5.74) is 0.469. The third-order valence-electron chi connectivity index (χ3n) is 3.84. The average molecular weight is 373 g/mol. The first-order chi connectivity index (χ1) is 12.4. The largest absolute Gasteiger partial charge is 0.493 e. The molecule has 2 heterocycles. The quantitative estimate of drug-likeness (QED) is 0.683. The second-order valence-corrected chi connectivity index (χ2v) is 5.92. The van der Waals surface area contributed by atoms with Gasteiger partial charge in [-0.05, 0) is 18.6 Å². The number of amides is 1. The molecule has 0 saturated carbocycles. The van der Waals surface area contributed by atoms with Gasteiger partial charge in [0.2, 0.25) is 5.88 Å². The Bertz CT molecular complexity index is 773. The Kier molecular flexibility index (Phi) is 5.26. The molecule has 0 aliphatic carbocycles. The van der Waals surface area contributed by atoms with Gasteiger partial charge in [-0.3, -0.25) is 0 Å². The molecule has 1 aliphatic rings. The minimum absolute atomic E-state index is 0.0459.